The molecule has 3 rings (SSSR count). The predicted molar refractivity (Wildman–Crippen MR) is 112 cm³/mol. The molecule has 2 saturated heterocycles. The number of esters is 1. The summed E-state index contributed by atoms with van der Waals surface area (Å²) in [4.78, 5) is 49.2. The molecule has 0 bridgehead atoms. The lowest BCUT2D eigenvalue weighted by molar-refractivity contribution is -0.150. The van der Waals surface area contributed by atoms with E-state index in [1.165, 1.54) is 0 Å². The highest BCUT2D eigenvalue weighted by Gasteiger charge is 2.48. The molecule has 6 atom stereocenters. The Morgan fingerprint density at radius 3 is 2.66 bits per heavy atom. The molecular formula is C22H34N2O8. The quantitative estimate of drug-likeness (QED) is 0.375. The van der Waals surface area contributed by atoms with Crippen LogP contribution in [-0.2, 0) is 28.6 Å². The van der Waals surface area contributed by atoms with Gasteiger partial charge in [0.05, 0.1) is 6.04 Å². The predicted octanol–water partition coefficient (Wildman–Crippen LogP) is 1.85. The standard InChI is InChI=1S/C22H34N2O8/c1-13(20(26)24-16-8-4-3-7-15(16)11-17(24)21(27)28)23-10-6-5-9-19(25)30-12-18-14(2)31-22(29)32-18/h13-18,23H,3-12H2,1-2H3,(H,27,28)/t13-,14?,15-,16-,17-,18?/m0/s1. The monoisotopic (exact) mass is 454 g/mol. The Balaban J connectivity index is 1.35. The summed E-state index contributed by atoms with van der Waals surface area (Å²) in [5.41, 5.74) is 0. The molecule has 0 aromatic heterocycles. The van der Waals surface area contributed by atoms with Crippen LogP contribution in [-0.4, -0.2) is 77.5 Å². The third-order valence-electron chi connectivity index (χ3n) is 6.72. The van der Waals surface area contributed by atoms with Gasteiger partial charge in [0.25, 0.3) is 0 Å². The number of aliphatic carboxylic acids is 1. The van der Waals surface area contributed by atoms with Crippen LogP contribution in [0.5, 0.6) is 0 Å². The minimum atomic E-state index is -0.924. The van der Waals surface area contributed by atoms with Gasteiger partial charge >= 0.3 is 18.1 Å². The molecule has 3 aliphatic rings. The van der Waals surface area contributed by atoms with Crippen LogP contribution < -0.4 is 5.32 Å². The normalized spacial score (nSPS) is 30.2. The topological polar surface area (TPSA) is 131 Å². The van der Waals surface area contributed by atoms with Gasteiger partial charge in [-0.3, -0.25) is 9.59 Å². The number of cyclic esters (lactones) is 2. The second-order valence-electron chi connectivity index (χ2n) is 8.99. The molecule has 2 aliphatic heterocycles. The second kappa shape index (κ2) is 11.0. The van der Waals surface area contributed by atoms with Crippen LogP contribution in [0, 0.1) is 5.92 Å². The third kappa shape index (κ3) is 5.90. The molecule has 0 aromatic rings. The Labute approximate surface area is 187 Å². The van der Waals surface area contributed by atoms with Crippen LogP contribution in [0.3, 0.4) is 0 Å². The van der Waals surface area contributed by atoms with E-state index >= 15 is 0 Å². The van der Waals surface area contributed by atoms with E-state index in [-0.39, 0.29) is 36.9 Å². The number of nitrogens with one attached hydrogen (secondary N) is 1. The van der Waals surface area contributed by atoms with Crippen molar-refractivity contribution in [1.29, 1.82) is 0 Å². The molecule has 180 valence electrons. The fourth-order valence-electron chi connectivity index (χ4n) is 4.91. The van der Waals surface area contributed by atoms with Crippen molar-refractivity contribution in [3.63, 3.8) is 0 Å². The average Bonchev–Trinajstić information content (AvgIpc) is 3.30. The Morgan fingerprint density at radius 1 is 1.22 bits per heavy atom. The van der Waals surface area contributed by atoms with Crippen molar-refractivity contribution in [2.24, 2.45) is 5.92 Å². The number of fused-ring (bicyclic) bond motifs is 1. The highest BCUT2D eigenvalue weighted by Crippen LogP contribution is 2.40. The van der Waals surface area contributed by atoms with E-state index in [1.54, 1.807) is 18.7 Å². The van der Waals surface area contributed by atoms with Gasteiger partial charge in [0.2, 0.25) is 5.91 Å². The fraction of sp³-hybridized carbons (Fsp3) is 0.818. The molecular weight excluding hydrogens is 420 g/mol. The smallest absolute Gasteiger partial charge is 0.480 e. The van der Waals surface area contributed by atoms with Gasteiger partial charge in [0.1, 0.15) is 18.8 Å². The number of carboxylic acid groups (broad SMARTS) is 1. The minimum absolute atomic E-state index is 0.0295. The lowest BCUT2D eigenvalue weighted by Gasteiger charge is -2.34. The van der Waals surface area contributed by atoms with Crippen molar-refractivity contribution in [1.82, 2.24) is 10.2 Å². The first-order valence-corrected chi connectivity index (χ1v) is 11.6. The molecule has 10 nitrogen and oxygen atoms in total. The van der Waals surface area contributed by atoms with Crippen molar-refractivity contribution in [3.8, 4) is 0 Å². The first kappa shape index (κ1) is 24.3. The molecule has 3 fully saturated rings. The molecule has 2 N–H and O–H groups in total. The zero-order valence-corrected chi connectivity index (χ0v) is 18.8. The summed E-state index contributed by atoms with van der Waals surface area (Å²) < 4.78 is 14.8. The average molecular weight is 455 g/mol. The van der Waals surface area contributed by atoms with Crippen LogP contribution in [0.25, 0.3) is 0 Å². The Kier molecular flexibility index (Phi) is 8.33. The summed E-state index contributed by atoms with van der Waals surface area (Å²) in [7, 11) is 0. The zero-order valence-electron chi connectivity index (χ0n) is 18.8. The van der Waals surface area contributed by atoms with Crippen LogP contribution >= 0.6 is 0 Å². The van der Waals surface area contributed by atoms with Crippen LogP contribution in [0.4, 0.5) is 4.79 Å². The maximum Gasteiger partial charge on any atom is 0.509 e. The number of nitrogens with zero attached hydrogens (tertiary/aromatic N) is 1. The molecule has 0 spiro atoms. The van der Waals surface area contributed by atoms with Gasteiger partial charge in [-0.2, -0.15) is 0 Å². The van der Waals surface area contributed by atoms with Crippen molar-refractivity contribution in [2.75, 3.05) is 13.2 Å². The minimum Gasteiger partial charge on any atom is -0.480 e. The summed E-state index contributed by atoms with van der Waals surface area (Å²) >= 11 is 0. The molecule has 2 heterocycles. The molecule has 2 unspecified atom stereocenters. The highest BCUT2D eigenvalue weighted by molar-refractivity contribution is 5.87. The lowest BCUT2D eigenvalue weighted by Crippen LogP contribution is -2.53. The van der Waals surface area contributed by atoms with Crippen LogP contribution in [0.2, 0.25) is 0 Å². The van der Waals surface area contributed by atoms with Gasteiger partial charge in [-0.25, -0.2) is 9.59 Å². The van der Waals surface area contributed by atoms with Crippen LogP contribution in [0.1, 0.15) is 65.2 Å². The molecule has 10 heteroatoms. The van der Waals surface area contributed by atoms with Gasteiger partial charge in [0.15, 0.2) is 6.10 Å². The van der Waals surface area contributed by atoms with E-state index in [2.05, 4.69) is 5.32 Å². The number of hydrogen-bond acceptors (Lipinski definition) is 8. The largest absolute Gasteiger partial charge is 0.509 e. The summed E-state index contributed by atoms with van der Waals surface area (Å²) in [6.07, 6.45) is 4.23. The number of amides is 1. The van der Waals surface area contributed by atoms with E-state index in [9.17, 15) is 24.3 Å². The van der Waals surface area contributed by atoms with Crippen LogP contribution in [0.15, 0.2) is 0 Å². The fourth-order valence-corrected chi connectivity index (χ4v) is 4.91. The number of unbranched alkanes of at least 4 members (excludes halogenated alkanes) is 1. The molecule has 32 heavy (non-hydrogen) atoms. The van der Waals surface area contributed by atoms with Crippen molar-refractivity contribution < 1.29 is 38.5 Å². The third-order valence-corrected chi connectivity index (χ3v) is 6.72. The van der Waals surface area contributed by atoms with Gasteiger partial charge < -0.3 is 29.5 Å². The van der Waals surface area contributed by atoms with Gasteiger partial charge in [-0.05, 0) is 58.4 Å². The molecule has 1 saturated carbocycles. The maximum absolute atomic E-state index is 13.0. The van der Waals surface area contributed by atoms with Gasteiger partial charge in [-0.1, -0.05) is 12.8 Å². The summed E-state index contributed by atoms with van der Waals surface area (Å²) in [5.74, 6) is -1.18. The highest BCUT2D eigenvalue weighted by atomic mass is 16.8. The summed E-state index contributed by atoms with van der Waals surface area (Å²) in [6, 6.07) is -1.19. The number of carbonyl (C=O) groups excluding carboxylic acids is 3. The number of carbonyl (C=O) groups is 4. The number of likely N-dealkylation sites (tertiary alicyclic amines) is 1. The molecule has 1 amide bonds. The Hall–Kier alpha value is -2.36. The summed E-state index contributed by atoms with van der Waals surface area (Å²) in [5, 5.41) is 12.8. The Bertz CT molecular complexity index is 714. The van der Waals surface area contributed by atoms with Crippen molar-refractivity contribution >= 4 is 24.0 Å². The van der Waals surface area contributed by atoms with E-state index in [1.807, 2.05) is 0 Å². The molecule has 1 aliphatic carbocycles. The van der Waals surface area contributed by atoms with Gasteiger partial charge in [0, 0.05) is 12.5 Å². The SMILES string of the molecule is CC1OC(=O)OC1COC(=O)CCCCN[C@@H](C)C(=O)N1[C@H](C(=O)O)C[C@@H]2CCCC[C@@H]21. The van der Waals surface area contributed by atoms with Gasteiger partial charge in [-0.15, -0.1) is 0 Å². The number of rotatable bonds is 10. The maximum atomic E-state index is 13.0. The number of carboxylic acids is 1. The lowest BCUT2D eigenvalue weighted by atomic mass is 9.84. The first-order valence-electron chi connectivity index (χ1n) is 11.6. The first-order chi connectivity index (χ1) is 15.3. The second-order valence-corrected chi connectivity index (χ2v) is 8.99. The van der Waals surface area contributed by atoms with E-state index in [4.69, 9.17) is 14.2 Å². The number of hydrogen-bond donors (Lipinski definition) is 2. The van der Waals surface area contributed by atoms with E-state index < -0.39 is 36.4 Å². The van der Waals surface area contributed by atoms with Crippen molar-refractivity contribution in [2.45, 2.75) is 95.5 Å². The Morgan fingerprint density at radius 2 is 1.97 bits per heavy atom. The molecule has 0 radical (unpaired) electrons. The van der Waals surface area contributed by atoms with Crippen molar-refractivity contribution in [3.05, 3.63) is 0 Å². The number of ether oxygens (including phenoxy) is 3. The molecule has 0 aromatic carbocycles. The zero-order chi connectivity index (χ0) is 23.3. The summed E-state index contributed by atoms with van der Waals surface area (Å²) in [6.45, 7) is 3.94. The van der Waals surface area contributed by atoms with E-state index in [0.717, 1.165) is 25.7 Å². The van der Waals surface area contributed by atoms with E-state index in [0.29, 0.717) is 25.8 Å².